The molecule has 0 bridgehead atoms. The van der Waals surface area contributed by atoms with Gasteiger partial charge in [-0.25, -0.2) is 0 Å². The van der Waals surface area contributed by atoms with Crippen LogP contribution in [-0.4, -0.2) is 43.1 Å². The highest BCUT2D eigenvalue weighted by molar-refractivity contribution is 14.0. The number of rotatable bonds is 6. The van der Waals surface area contributed by atoms with Crippen molar-refractivity contribution in [1.29, 1.82) is 0 Å². The van der Waals surface area contributed by atoms with E-state index in [0.717, 1.165) is 25.6 Å². The van der Waals surface area contributed by atoms with Crippen LogP contribution in [0.1, 0.15) is 37.5 Å². The summed E-state index contributed by atoms with van der Waals surface area (Å²) < 4.78 is 0. The van der Waals surface area contributed by atoms with Crippen molar-refractivity contribution in [1.82, 2.24) is 15.5 Å². The standard InChI is InChI=1S/C17H28N4S.HI/c1-2-18-17(20-15-7-8-15)19-11-14-5-3-9-21(12-14)13-16-6-4-10-22-16;/h4,6,10,14-15H,2-3,5,7-9,11-13H2,1H3,(H2,18,19,20);1H. The highest BCUT2D eigenvalue weighted by atomic mass is 127. The molecule has 1 aliphatic heterocycles. The van der Waals surface area contributed by atoms with Crippen LogP contribution in [0.5, 0.6) is 0 Å². The summed E-state index contributed by atoms with van der Waals surface area (Å²) in [5.74, 6) is 1.71. The SMILES string of the molecule is CCNC(=NCC1CCCN(Cc2cccs2)C1)NC1CC1.I. The fraction of sp³-hybridized carbons (Fsp3) is 0.706. The quantitative estimate of drug-likeness (QED) is 0.399. The van der Waals surface area contributed by atoms with E-state index in [1.165, 1.54) is 43.6 Å². The van der Waals surface area contributed by atoms with Crippen molar-refractivity contribution >= 4 is 41.3 Å². The summed E-state index contributed by atoms with van der Waals surface area (Å²) in [6.45, 7) is 7.55. The molecule has 1 aromatic rings. The second-order valence-electron chi connectivity index (χ2n) is 6.46. The van der Waals surface area contributed by atoms with Crippen LogP contribution in [0.4, 0.5) is 0 Å². The van der Waals surface area contributed by atoms with E-state index < -0.39 is 0 Å². The van der Waals surface area contributed by atoms with E-state index in [9.17, 15) is 0 Å². The van der Waals surface area contributed by atoms with E-state index in [1.54, 1.807) is 0 Å². The number of piperidine rings is 1. The Morgan fingerprint density at radius 3 is 2.96 bits per heavy atom. The Kier molecular flexibility index (Phi) is 8.12. The maximum absolute atomic E-state index is 4.82. The van der Waals surface area contributed by atoms with E-state index in [2.05, 4.69) is 40.0 Å². The minimum absolute atomic E-state index is 0. The molecule has 4 nitrogen and oxygen atoms in total. The van der Waals surface area contributed by atoms with Gasteiger partial charge in [0.1, 0.15) is 0 Å². The van der Waals surface area contributed by atoms with Crippen molar-refractivity contribution in [3.63, 3.8) is 0 Å². The number of hydrogen-bond acceptors (Lipinski definition) is 3. The van der Waals surface area contributed by atoms with Gasteiger partial charge in [-0.15, -0.1) is 35.3 Å². The lowest BCUT2D eigenvalue weighted by molar-refractivity contribution is 0.172. The Morgan fingerprint density at radius 1 is 1.39 bits per heavy atom. The van der Waals surface area contributed by atoms with Gasteiger partial charge in [0.05, 0.1) is 0 Å². The largest absolute Gasteiger partial charge is 0.357 e. The summed E-state index contributed by atoms with van der Waals surface area (Å²) >= 11 is 1.87. The zero-order chi connectivity index (χ0) is 15.2. The smallest absolute Gasteiger partial charge is 0.191 e. The Balaban J connectivity index is 0.00000192. The molecule has 1 aromatic heterocycles. The number of nitrogens with one attached hydrogen (secondary N) is 2. The molecular weight excluding hydrogens is 419 g/mol. The molecule has 2 aliphatic rings. The molecule has 1 aliphatic carbocycles. The lowest BCUT2D eigenvalue weighted by atomic mass is 9.98. The van der Waals surface area contributed by atoms with Crippen molar-refractivity contribution < 1.29 is 0 Å². The Bertz CT molecular complexity index is 473. The molecule has 0 spiro atoms. The molecule has 1 atom stereocenters. The number of hydrogen-bond donors (Lipinski definition) is 2. The van der Waals surface area contributed by atoms with E-state index in [1.807, 2.05) is 11.3 Å². The van der Waals surface area contributed by atoms with Crippen LogP contribution in [0, 0.1) is 5.92 Å². The molecular formula is C17H29IN4S. The van der Waals surface area contributed by atoms with Crippen LogP contribution in [0.25, 0.3) is 0 Å². The number of likely N-dealkylation sites (tertiary alicyclic amines) is 1. The second-order valence-corrected chi connectivity index (χ2v) is 7.49. The van der Waals surface area contributed by atoms with Gasteiger partial charge < -0.3 is 10.6 Å². The predicted molar refractivity (Wildman–Crippen MR) is 110 cm³/mol. The first-order valence-electron chi connectivity index (χ1n) is 8.63. The number of aliphatic imine (C=N–C) groups is 1. The minimum Gasteiger partial charge on any atom is -0.357 e. The van der Waals surface area contributed by atoms with Crippen molar-refractivity contribution in [2.24, 2.45) is 10.9 Å². The van der Waals surface area contributed by atoms with Crippen LogP contribution in [0.2, 0.25) is 0 Å². The van der Waals surface area contributed by atoms with Crippen molar-refractivity contribution in [2.75, 3.05) is 26.2 Å². The van der Waals surface area contributed by atoms with Gasteiger partial charge in [0, 0.05) is 37.1 Å². The minimum atomic E-state index is 0. The predicted octanol–water partition coefficient (Wildman–Crippen LogP) is 3.30. The highest BCUT2D eigenvalue weighted by Crippen LogP contribution is 2.21. The van der Waals surface area contributed by atoms with Gasteiger partial charge in [-0.3, -0.25) is 9.89 Å². The highest BCUT2D eigenvalue weighted by Gasteiger charge is 2.23. The first kappa shape index (κ1) is 19.0. The van der Waals surface area contributed by atoms with Gasteiger partial charge in [-0.1, -0.05) is 6.07 Å². The summed E-state index contributed by atoms with van der Waals surface area (Å²) in [7, 11) is 0. The molecule has 1 saturated carbocycles. The van der Waals surface area contributed by atoms with Crippen LogP contribution in [0.15, 0.2) is 22.5 Å². The number of halogens is 1. The molecule has 3 rings (SSSR count). The Labute approximate surface area is 161 Å². The van der Waals surface area contributed by atoms with Crippen LogP contribution < -0.4 is 10.6 Å². The molecule has 1 saturated heterocycles. The van der Waals surface area contributed by atoms with Gasteiger partial charge in [0.2, 0.25) is 0 Å². The van der Waals surface area contributed by atoms with Crippen LogP contribution in [-0.2, 0) is 6.54 Å². The van der Waals surface area contributed by atoms with Crippen molar-refractivity contribution in [3.05, 3.63) is 22.4 Å². The van der Waals surface area contributed by atoms with Gasteiger partial charge in [0.25, 0.3) is 0 Å². The lowest BCUT2D eigenvalue weighted by Crippen LogP contribution is -2.40. The summed E-state index contributed by atoms with van der Waals surface area (Å²) in [4.78, 5) is 8.89. The maximum atomic E-state index is 4.82. The maximum Gasteiger partial charge on any atom is 0.191 e. The fourth-order valence-corrected chi connectivity index (χ4v) is 3.77. The van der Waals surface area contributed by atoms with Gasteiger partial charge >= 0.3 is 0 Å². The zero-order valence-electron chi connectivity index (χ0n) is 14.0. The number of thiophene rings is 1. The average molecular weight is 448 g/mol. The number of guanidine groups is 1. The normalized spacial score (nSPS) is 22.5. The van der Waals surface area contributed by atoms with E-state index in [-0.39, 0.29) is 24.0 Å². The first-order valence-corrected chi connectivity index (χ1v) is 9.51. The van der Waals surface area contributed by atoms with Gasteiger partial charge in [-0.05, 0) is 56.5 Å². The molecule has 0 radical (unpaired) electrons. The molecule has 6 heteroatoms. The monoisotopic (exact) mass is 448 g/mol. The van der Waals surface area contributed by atoms with Gasteiger partial charge in [-0.2, -0.15) is 0 Å². The third-order valence-electron chi connectivity index (χ3n) is 4.33. The zero-order valence-corrected chi connectivity index (χ0v) is 17.1. The van der Waals surface area contributed by atoms with E-state index in [4.69, 9.17) is 4.99 Å². The summed E-state index contributed by atoms with van der Waals surface area (Å²) in [5, 5.41) is 9.05. The molecule has 0 aromatic carbocycles. The average Bonchev–Trinajstić information content (AvgIpc) is 3.19. The second kappa shape index (κ2) is 9.84. The van der Waals surface area contributed by atoms with Crippen molar-refractivity contribution in [3.8, 4) is 0 Å². The Morgan fingerprint density at radius 2 is 2.26 bits per heavy atom. The summed E-state index contributed by atoms with van der Waals surface area (Å²) in [6.07, 6.45) is 5.20. The van der Waals surface area contributed by atoms with Crippen LogP contribution in [0.3, 0.4) is 0 Å². The molecule has 2 fully saturated rings. The topological polar surface area (TPSA) is 39.7 Å². The number of nitrogens with zero attached hydrogens (tertiary/aromatic N) is 2. The molecule has 130 valence electrons. The fourth-order valence-electron chi connectivity index (χ4n) is 3.03. The Hall–Kier alpha value is -0.340. The summed E-state index contributed by atoms with van der Waals surface area (Å²) in [6, 6.07) is 5.06. The van der Waals surface area contributed by atoms with Crippen LogP contribution >= 0.6 is 35.3 Å². The molecule has 2 N–H and O–H groups in total. The van der Waals surface area contributed by atoms with Gasteiger partial charge in [0.15, 0.2) is 5.96 Å². The lowest BCUT2D eigenvalue weighted by Gasteiger charge is -2.31. The third kappa shape index (κ3) is 6.58. The molecule has 0 amide bonds. The molecule has 23 heavy (non-hydrogen) atoms. The van der Waals surface area contributed by atoms with E-state index >= 15 is 0 Å². The molecule has 1 unspecified atom stereocenters. The third-order valence-corrected chi connectivity index (χ3v) is 5.19. The van der Waals surface area contributed by atoms with E-state index in [0.29, 0.717) is 12.0 Å². The van der Waals surface area contributed by atoms with Crippen molar-refractivity contribution in [2.45, 2.75) is 45.2 Å². The first-order chi connectivity index (χ1) is 10.8. The molecule has 2 heterocycles. The summed E-state index contributed by atoms with van der Waals surface area (Å²) in [5.41, 5.74) is 0.